The molecule has 0 amide bonds. The lowest BCUT2D eigenvalue weighted by atomic mass is 10.0. The van der Waals surface area contributed by atoms with Gasteiger partial charge in [0, 0.05) is 30.4 Å². The van der Waals surface area contributed by atoms with E-state index in [0.717, 1.165) is 25.3 Å². The van der Waals surface area contributed by atoms with E-state index >= 15 is 0 Å². The minimum atomic E-state index is 0.119. The van der Waals surface area contributed by atoms with Gasteiger partial charge in [0.1, 0.15) is 12.4 Å². The van der Waals surface area contributed by atoms with Crippen molar-refractivity contribution in [3.63, 3.8) is 0 Å². The molecule has 1 atom stereocenters. The van der Waals surface area contributed by atoms with Gasteiger partial charge in [-0.3, -0.25) is 0 Å². The molecule has 2 aliphatic heterocycles. The standard InChI is InChI=1S/C15H23N3O/c16-12-10-13-14(4-3-5-15(13)19-11-12)17-6-9-18-7-1-2-8-18/h3-5,12,17H,1-2,6-11,16H2/t12-/m0/s1. The quantitative estimate of drug-likeness (QED) is 0.861. The molecule has 0 aliphatic carbocycles. The van der Waals surface area contributed by atoms with Gasteiger partial charge in [0.25, 0.3) is 0 Å². The number of anilines is 1. The Morgan fingerprint density at radius 3 is 3.00 bits per heavy atom. The Labute approximate surface area is 114 Å². The van der Waals surface area contributed by atoms with Crippen molar-refractivity contribution in [1.82, 2.24) is 4.90 Å². The number of nitrogens with two attached hydrogens (primary N) is 1. The molecule has 3 N–H and O–H groups in total. The van der Waals surface area contributed by atoms with Crippen LogP contribution in [0.4, 0.5) is 5.69 Å². The highest BCUT2D eigenvalue weighted by Gasteiger charge is 2.19. The largest absolute Gasteiger partial charge is 0.492 e. The molecule has 1 aromatic rings. The van der Waals surface area contributed by atoms with E-state index in [9.17, 15) is 0 Å². The number of likely N-dealkylation sites (tertiary alicyclic amines) is 1. The third-order valence-corrected chi connectivity index (χ3v) is 3.99. The molecular weight excluding hydrogens is 238 g/mol. The van der Waals surface area contributed by atoms with E-state index in [1.54, 1.807) is 0 Å². The number of nitrogens with one attached hydrogen (secondary N) is 1. The predicted molar refractivity (Wildman–Crippen MR) is 77.8 cm³/mol. The zero-order chi connectivity index (χ0) is 13.1. The first-order chi connectivity index (χ1) is 9.33. The van der Waals surface area contributed by atoms with E-state index < -0.39 is 0 Å². The minimum Gasteiger partial charge on any atom is -0.492 e. The lowest BCUT2D eigenvalue weighted by molar-refractivity contribution is 0.264. The number of hydrogen-bond donors (Lipinski definition) is 2. The highest BCUT2D eigenvalue weighted by Crippen LogP contribution is 2.30. The minimum absolute atomic E-state index is 0.119. The maximum absolute atomic E-state index is 5.99. The molecule has 104 valence electrons. The van der Waals surface area contributed by atoms with Crippen LogP contribution in [0.1, 0.15) is 18.4 Å². The summed E-state index contributed by atoms with van der Waals surface area (Å²) in [5.41, 5.74) is 8.41. The van der Waals surface area contributed by atoms with Gasteiger partial charge < -0.3 is 20.7 Å². The van der Waals surface area contributed by atoms with Gasteiger partial charge in [-0.15, -0.1) is 0 Å². The van der Waals surface area contributed by atoms with Crippen molar-refractivity contribution < 1.29 is 4.74 Å². The number of nitrogens with zero attached hydrogens (tertiary/aromatic N) is 1. The van der Waals surface area contributed by atoms with Crippen molar-refractivity contribution in [2.75, 3.05) is 38.1 Å². The van der Waals surface area contributed by atoms with E-state index in [1.165, 1.54) is 37.2 Å². The Balaban J connectivity index is 1.61. The molecule has 0 saturated carbocycles. The van der Waals surface area contributed by atoms with E-state index in [4.69, 9.17) is 10.5 Å². The zero-order valence-corrected chi connectivity index (χ0v) is 11.4. The Morgan fingerprint density at radius 2 is 2.16 bits per heavy atom. The summed E-state index contributed by atoms with van der Waals surface area (Å²) in [7, 11) is 0. The first-order valence-corrected chi connectivity index (χ1v) is 7.29. The van der Waals surface area contributed by atoms with Crippen molar-refractivity contribution >= 4 is 5.69 Å². The summed E-state index contributed by atoms with van der Waals surface area (Å²) in [6.45, 7) is 5.25. The molecule has 0 unspecified atom stereocenters. The van der Waals surface area contributed by atoms with Gasteiger partial charge in [0.2, 0.25) is 0 Å². The van der Waals surface area contributed by atoms with Crippen LogP contribution in [0.15, 0.2) is 18.2 Å². The SMILES string of the molecule is N[C@@H]1COc2cccc(NCCN3CCCC3)c2C1. The second-order valence-electron chi connectivity index (χ2n) is 5.53. The first kappa shape index (κ1) is 12.8. The first-order valence-electron chi connectivity index (χ1n) is 7.29. The summed E-state index contributed by atoms with van der Waals surface area (Å²) in [4.78, 5) is 2.52. The number of benzene rings is 1. The number of rotatable bonds is 4. The zero-order valence-electron chi connectivity index (χ0n) is 11.4. The van der Waals surface area contributed by atoms with Crippen LogP contribution in [-0.2, 0) is 6.42 Å². The smallest absolute Gasteiger partial charge is 0.124 e. The van der Waals surface area contributed by atoms with Crippen molar-refractivity contribution in [3.05, 3.63) is 23.8 Å². The van der Waals surface area contributed by atoms with Gasteiger partial charge in [0.15, 0.2) is 0 Å². The van der Waals surface area contributed by atoms with Crippen LogP contribution in [0.3, 0.4) is 0 Å². The molecule has 2 heterocycles. The fourth-order valence-electron chi connectivity index (χ4n) is 2.95. The Hall–Kier alpha value is -1.26. The lowest BCUT2D eigenvalue weighted by Crippen LogP contribution is -2.34. The van der Waals surface area contributed by atoms with Gasteiger partial charge >= 0.3 is 0 Å². The van der Waals surface area contributed by atoms with Gasteiger partial charge in [-0.2, -0.15) is 0 Å². The molecule has 1 fully saturated rings. The van der Waals surface area contributed by atoms with E-state index in [-0.39, 0.29) is 6.04 Å². The third kappa shape index (κ3) is 3.01. The van der Waals surface area contributed by atoms with E-state index in [1.807, 2.05) is 12.1 Å². The fraction of sp³-hybridized carbons (Fsp3) is 0.600. The van der Waals surface area contributed by atoms with Crippen molar-refractivity contribution in [2.45, 2.75) is 25.3 Å². The number of ether oxygens (including phenoxy) is 1. The van der Waals surface area contributed by atoms with Crippen LogP contribution in [0.2, 0.25) is 0 Å². The number of fused-ring (bicyclic) bond motifs is 1. The predicted octanol–water partition coefficient (Wildman–Crippen LogP) is 1.46. The Kier molecular flexibility index (Phi) is 3.89. The topological polar surface area (TPSA) is 50.5 Å². The normalized spacial score (nSPS) is 22.9. The molecule has 3 rings (SSSR count). The Bertz CT molecular complexity index is 429. The second kappa shape index (κ2) is 5.80. The molecule has 1 aromatic carbocycles. The Morgan fingerprint density at radius 1 is 1.32 bits per heavy atom. The maximum Gasteiger partial charge on any atom is 0.124 e. The summed E-state index contributed by atoms with van der Waals surface area (Å²) in [5.74, 6) is 0.993. The molecule has 0 aromatic heterocycles. The van der Waals surface area contributed by atoms with Gasteiger partial charge in [-0.25, -0.2) is 0 Å². The molecular formula is C15H23N3O. The highest BCUT2D eigenvalue weighted by atomic mass is 16.5. The average molecular weight is 261 g/mol. The summed E-state index contributed by atoms with van der Waals surface area (Å²) < 4.78 is 5.68. The van der Waals surface area contributed by atoms with Crippen LogP contribution in [-0.4, -0.2) is 43.7 Å². The van der Waals surface area contributed by atoms with E-state index in [0.29, 0.717) is 6.61 Å². The number of hydrogen-bond acceptors (Lipinski definition) is 4. The summed E-state index contributed by atoms with van der Waals surface area (Å²) >= 11 is 0. The molecule has 19 heavy (non-hydrogen) atoms. The monoisotopic (exact) mass is 261 g/mol. The van der Waals surface area contributed by atoms with Gasteiger partial charge in [-0.05, 0) is 44.5 Å². The highest BCUT2D eigenvalue weighted by molar-refractivity contribution is 5.58. The van der Waals surface area contributed by atoms with Crippen LogP contribution < -0.4 is 15.8 Å². The summed E-state index contributed by atoms with van der Waals surface area (Å²) in [5, 5.41) is 3.54. The van der Waals surface area contributed by atoms with Gasteiger partial charge in [-0.1, -0.05) is 6.07 Å². The molecule has 0 bridgehead atoms. The van der Waals surface area contributed by atoms with Crippen LogP contribution in [0, 0.1) is 0 Å². The summed E-state index contributed by atoms with van der Waals surface area (Å²) in [6, 6.07) is 6.33. The second-order valence-corrected chi connectivity index (χ2v) is 5.53. The molecule has 4 heteroatoms. The molecule has 4 nitrogen and oxygen atoms in total. The van der Waals surface area contributed by atoms with Crippen molar-refractivity contribution in [3.8, 4) is 5.75 Å². The van der Waals surface area contributed by atoms with Crippen molar-refractivity contribution in [2.24, 2.45) is 5.73 Å². The third-order valence-electron chi connectivity index (χ3n) is 3.99. The molecule has 1 saturated heterocycles. The maximum atomic E-state index is 5.99. The van der Waals surface area contributed by atoms with Crippen LogP contribution >= 0.6 is 0 Å². The molecule has 0 radical (unpaired) electrons. The van der Waals surface area contributed by atoms with Crippen molar-refractivity contribution in [1.29, 1.82) is 0 Å². The van der Waals surface area contributed by atoms with Crippen LogP contribution in [0.25, 0.3) is 0 Å². The molecule has 2 aliphatic rings. The summed E-state index contributed by atoms with van der Waals surface area (Å²) in [6.07, 6.45) is 3.61. The average Bonchev–Trinajstić information content (AvgIpc) is 2.92. The van der Waals surface area contributed by atoms with E-state index in [2.05, 4.69) is 16.3 Å². The van der Waals surface area contributed by atoms with Gasteiger partial charge in [0.05, 0.1) is 0 Å². The van der Waals surface area contributed by atoms with Crippen LogP contribution in [0.5, 0.6) is 5.75 Å². The molecule has 0 spiro atoms. The lowest BCUT2D eigenvalue weighted by Gasteiger charge is -2.25. The fourth-order valence-corrected chi connectivity index (χ4v) is 2.95.